The van der Waals surface area contributed by atoms with Gasteiger partial charge in [0, 0.05) is 24.6 Å². The summed E-state index contributed by atoms with van der Waals surface area (Å²) in [5, 5.41) is 13.1. The van der Waals surface area contributed by atoms with E-state index in [1.165, 1.54) is 24.3 Å². The molecule has 0 saturated carbocycles. The smallest absolute Gasteiger partial charge is 0.0499 e. The van der Waals surface area contributed by atoms with Crippen molar-refractivity contribution < 1.29 is 5.11 Å². The lowest BCUT2D eigenvalue weighted by Gasteiger charge is -2.33. The van der Waals surface area contributed by atoms with Gasteiger partial charge in [0.05, 0.1) is 0 Å². The van der Waals surface area contributed by atoms with E-state index < -0.39 is 0 Å². The number of hydrogen-bond acceptors (Lipinski definition) is 3. The Kier molecular flexibility index (Phi) is 6.02. The van der Waals surface area contributed by atoms with Crippen molar-refractivity contribution in [2.24, 2.45) is 5.41 Å². The zero-order valence-electron chi connectivity index (χ0n) is 10.1. The predicted molar refractivity (Wildman–Crippen MR) is 68.5 cm³/mol. The molecule has 0 aromatic rings. The molecule has 1 heterocycles. The Morgan fingerprint density at radius 2 is 1.87 bits per heavy atom. The van der Waals surface area contributed by atoms with Gasteiger partial charge < -0.3 is 10.4 Å². The molecule has 90 valence electrons. The van der Waals surface area contributed by atoms with E-state index >= 15 is 0 Å². The van der Waals surface area contributed by atoms with Crippen LogP contribution in [0.25, 0.3) is 0 Å². The van der Waals surface area contributed by atoms with E-state index in [4.69, 9.17) is 0 Å². The van der Waals surface area contributed by atoms with E-state index in [0.717, 1.165) is 19.4 Å². The first-order valence-corrected chi connectivity index (χ1v) is 7.34. The van der Waals surface area contributed by atoms with E-state index in [1.54, 1.807) is 0 Å². The lowest BCUT2D eigenvalue weighted by molar-refractivity contribution is 0.109. The molecule has 0 bridgehead atoms. The minimum atomic E-state index is 0.116. The van der Waals surface area contributed by atoms with Crippen molar-refractivity contribution >= 4 is 11.8 Å². The zero-order valence-corrected chi connectivity index (χ0v) is 10.9. The molecule has 3 heteroatoms. The first-order valence-electron chi connectivity index (χ1n) is 6.18. The number of aliphatic hydroxyl groups excluding tert-OH is 1. The topological polar surface area (TPSA) is 32.3 Å². The van der Waals surface area contributed by atoms with Crippen LogP contribution in [-0.2, 0) is 0 Å². The molecular weight excluding hydrogens is 206 g/mol. The minimum Gasteiger partial charge on any atom is -0.396 e. The molecule has 1 aliphatic rings. The van der Waals surface area contributed by atoms with Crippen LogP contribution < -0.4 is 5.32 Å². The van der Waals surface area contributed by atoms with Crippen LogP contribution in [0.1, 0.15) is 39.5 Å². The van der Waals surface area contributed by atoms with Gasteiger partial charge in [-0.2, -0.15) is 11.8 Å². The summed E-state index contributed by atoms with van der Waals surface area (Å²) in [7, 11) is 0. The Morgan fingerprint density at radius 1 is 1.27 bits per heavy atom. The number of rotatable bonds is 6. The zero-order chi connectivity index (χ0) is 11.1. The summed E-state index contributed by atoms with van der Waals surface area (Å²) in [6, 6.07) is 0.690. The van der Waals surface area contributed by atoms with Crippen LogP contribution in [0.5, 0.6) is 0 Å². The molecule has 0 amide bonds. The fourth-order valence-corrected chi connectivity index (χ4v) is 3.15. The lowest BCUT2D eigenvalue weighted by Crippen LogP contribution is -2.42. The maximum absolute atomic E-state index is 9.46. The Labute approximate surface area is 98.2 Å². The van der Waals surface area contributed by atoms with Crippen molar-refractivity contribution in [3.8, 4) is 0 Å². The highest BCUT2D eigenvalue weighted by Gasteiger charge is 2.26. The van der Waals surface area contributed by atoms with Crippen molar-refractivity contribution in [3.05, 3.63) is 0 Å². The van der Waals surface area contributed by atoms with Crippen molar-refractivity contribution in [2.75, 3.05) is 24.7 Å². The van der Waals surface area contributed by atoms with Gasteiger partial charge in [-0.25, -0.2) is 0 Å². The molecule has 0 unspecified atom stereocenters. The van der Waals surface area contributed by atoms with E-state index in [1.807, 2.05) is 0 Å². The molecule has 2 N–H and O–H groups in total. The fourth-order valence-electron chi connectivity index (χ4n) is 2.04. The summed E-state index contributed by atoms with van der Waals surface area (Å²) in [6.07, 6.45) is 4.71. The number of hydrogen-bond donors (Lipinski definition) is 2. The van der Waals surface area contributed by atoms with Crippen molar-refractivity contribution in [3.63, 3.8) is 0 Å². The average Bonchev–Trinajstić information content (AvgIpc) is 2.33. The molecule has 0 aliphatic carbocycles. The number of nitrogens with one attached hydrogen (secondary N) is 1. The maximum atomic E-state index is 9.46. The van der Waals surface area contributed by atoms with Crippen molar-refractivity contribution in [1.29, 1.82) is 0 Å². The van der Waals surface area contributed by atoms with Gasteiger partial charge in [0.1, 0.15) is 0 Å². The Hall–Kier alpha value is 0.270. The molecule has 15 heavy (non-hydrogen) atoms. The van der Waals surface area contributed by atoms with Gasteiger partial charge in [-0.15, -0.1) is 0 Å². The Morgan fingerprint density at radius 3 is 2.33 bits per heavy atom. The minimum absolute atomic E-state index is 0.116. The highest BCUT2D eigenvalue weighted by Crippen LogP contribution is 2.25. The van der Waals surface area contributed by atoms with Gasteiger partial charge in [0.2, 0.25) is 0 Å². The summed E-state index contributed by atoms with van der Waals surface area (Å²) in [4.78, 5) is 0. The lowest BCUT2D eigenvalue weighted by atomic mass is 9.83. The van der Waals surface area contributed by atoms with E-state index in [0.29, 0.717) is 12.6 Å². The average molecular weight is 231 g/mol. The fraction of sp³-hybridized carbons (Fsp3) is 1.00. The molecule has 0 aromatic carbocycles. The molecule has 0 spiro atoms. The molecule has 2 nitrogen and oxygen atoms in total. The molecule has 0 atom stereocenters. The van der Waals surface area contributed by atoms with Crippen molar-refractivity contribution in [1.82, 2.24) is 5.32 Å². The first-order chi connectivity index (χ1) is 7.26. The maximum Gasteiger partial charge on any atom is 0.0499 e. The molecule has 0 radical (unpaired) electrons. The van der Waals surface area contributed by atoms with Crippen LogP contribution in [0.2, 0.25) is 0 Å². The van der Waals surface area contributed by atoms with Gasteiger partial charge in [-0.05, 0) is 37.2 Å². The Balaban J connectivity index is 2.31. The van der Waals surface area contributed by atoms with Gasteiger partial charge in [0.25, 0.3) is 0 Å². The Bertz CT molecular complexity index is 157. The molecule has 0 aromatic heterocycles. The standard InChI is InChI=1S/C12H25NOS/c1-3-12(4-2,10-14)9-13-11-5-7-15-8-6-11/h11,13-14H,3-10H2,1-2H3. The highest BCUT2D eigenvalue weighted by molar-refractivity contribution is 7.99. The second kappa shape index (κ2) is 6.77. The van der Waals surface area contributed by atoms with Gasteiger partial charge in [-0.3, -0.25) is 0 Å². The summed E-state index contributed by atoms with van der Waals surface area (Å²) in [5.41, 5.74) is 0.116. The SMILES string of the molecule is CCC(CC)(CO)CNC1CCSCC1. The summed E-state index contributed by atoms with van der Waals surface area (Å²) >= 11 is 2.06. The van der Waals surface area contributed by atoms with Crippen LogP contribution >= 0.6 is 11.8 Å². The monoisotopic (exact) mass is 231 g/mol. The third-order valence-corrected chi connectivity index (χ3v) is 4.87. The molecule has 1 fully saturated rings. The second-order valence-electron chi connectivity index (χ2n) is 4.63. The number of aliphatic hydroxyl groups is 1. The normalized spacial score (nSPS) is 19.4. The molecular formula is C12H25NOS. The first kappa shape index (κ1) is 13.3. The van der Waals surface area contributed by atoms with Crippen LogP contribution in [0.4, 0.5) is 0 Å². The van der Waals surface area contributed by atoms with E-state index in [-0.39, 0.29) is 5.41 Å². The quantitative estimate of drug-likeness (QED) is 0.735. The van der Waals surface area contributed by atoms with Crippen molar-refractivity contribution in [2.45, 2.75) is 45.6 Å². The van der Waals surface area contributed by atoms with E-state index in [9.17, 15) is 5.11 Å². The molecule has 1 rings (SSSR count). The summed E-state index contributed by atoms with van der Waals surface area (Å²) in [6.45, 7) is 5.65. The molecule has 1 saturated heterocycles. The highest BCUT2D eigenvalue weighted by atomic mass is 32.2. The summed E-state index contributed by atoms with van der Waals surface area (Å²) < 4.78 is 0. The van der Waals surface area contributed by atoms with Crippen LogP contribution in [0, 0.1) is 5.41 Å². The third kappa shape index (κ3) is 3.97. The third-order valence-electron chi connectivity index (χ3n) is 3.82. The van der Waals surface area contributed by atoms with Crippen LogP contribution in [0.3, 0.4) is 0 Å². The largest absolute Gasteiger partial charge is 0.396 e. The molecule has 1 aliphatic heterocycles. The van der Waals surface area contributed by atoms with Gasteiger partial charge in [0.15, 0.2) is 0 Å². The van der Waals surface area contributed by atoms with Crippen LogP contribution in [-0.4, -0.2) is 35.8 Å². The summed E-state index contributed by atoms with van der Waals surface area (Å²) in [5.74, 6) is 2.59. The predicted octanol–water partition coefficient (Wildman–Crippen LogP) is 2.27. The van der Waals surface area contributed by atoms with Gasteiger partial charge in [-0.1, -0.05) is 13.8 Å². The number of thioether (sulfide) groups is 1. The van der Waals surface area contributed by atoms with E-state index in [2.05, 4.69) is 30.9 Å². The van der Waals surface area contributed by atoms with Gasteiger partial charge >= 0.3 is 0 Å². The second-order valence-corrected chi connectivity index (χ2v) is 5.86. The van der Waals surface area contributed by atoms with Crippen LogP contribution in [0.15, 0.2) is 0 Å².